The molecule has 2 N–H and O–H groups in total. The van der Waals surface area contributed by atoms with E-state index in [9.17, 15) is 5.11 Å². The van der Waals surface area contributed by atoms with Crippen molar-refractivity contribution in [3.8, 4) is 22.4 Å². The van der Waals surface area contributed by atoms with Crippen LogP contribution in [-0.4, -0.2) is 32.4 Å². The number of anilines is 1. The second-order valence-corrected chi connectivity index (χ2v) is 7.92. The van der Waals surface area contributed by atoms with Gasteiger partial charge in [-0.15, -0.1) is 0 Å². The Morgan fingerprint density at radius 2 is 1.80 bits per heavy atom. The quantitative estimate of drug-likeness (QED) is 0.503. The lowest BCUT2D eigenvalue weighted by atomic mass is 9.93. The van der Waals surface area contributed by atoms with E-state index in [2.05, 4.69) is 39.7 Å². The van der Waals surface area contributed by atoms with Crippen LogP contribution in [0.15, 0.2) is 59.3 Å². The number of nitrogens with one attached hydrogen (secondary N) is 1. The van der Waals surface area contributed by atoms with Crippen LogP contribution in [0.4, 0.5) is 5.82 Å². The van der Waals surface area contributed by atoms with Crippen LogP contribution in [0.2, 0.25) is 0 Å². The molecule has 0 atom stereocenters. The first-order valence-electron chi connectivity index (χ1n) is 10.4. The molecule has 0 radical (unpaired) electrons. The Morgan fingerprint density at radius 3 is 2.60 bits per heavy atom. The van der Waals surface area contributed by atoms with E-state index < -0.39 is 0 Å². The van der Waals surface area contributed by atoms with Crippen LogP contribution in [-0.2, 0) is 0 Å². The molecule has 3 aromatic heterocycles. The first-order valence-corrected chi connectivity index (χ1v) is 10.4. The summed E-state index contributed by atoms with van der Waals surface area (Å²) in [6.45, 7) is 1.91. The lowest BCUT2D eigenvalue weighted by molar-refractivity contribution is 0.126. The molecule has 0 amide bonds. The van der Waals surface area contributed by atoms with Crippen molar-refractivity contribution in [3.63, 3.8) is 0 Å². The number of hydrogen-bond acceptors (Lipinski definition) is 6. The normalized spacial score (nSPS) is 19.1. The van der Waals surface area contributed by atoms with Gasteiger partial charge in [-0.2, -0.15) is 0 Å². The van der Waals surface area contributed by atoms with E-state index in [0.717, 1.165) is 65.1 Å². The number of pyridine rings is 2. The summed E-state index contributed by atoms with van der Waals surface area (Å²) in [5.41, 5.74) is 6.00. The monoisotopic (exact) mass is 400 g/mol. The highest BCUT2D eigenvalue weighted by molar-refractivity contribution is 5.96. The van der Waals surface area contributed by atoms with E-state index in [1.165, 1.54) is 0 Å². The molecule has 0 aliphatic heterocycles. The van der Waals surface area contributed by atoms with Gasteiger partial charge in [-0.3, -0.25) is 0 Å². The fraction of sp³-hybridized carbons (Fsp3) is 0.292. The van der Waals surface area contributed by atoms with E-state index in [0.29, 0.717) is 11.6 Å². The molecule has 1 fully saturated rings. The fourth-order valence-electron chi connectivity index (χ4n) is 4.14. The molecule has 5 rings (SSSR count). The molecule has 6 nitrogen and oxygen atoms in total. The molecule has 0 saturated heterocycles. The minimum absolute atomic E-state index is 0.184. The standard InChI is InChI=1S/C24H24N4O2/c1-15-22-23(30-28-15)20(14-21(27-22)16-6-3-2-4-7-16)19-8-5-13-25-24(19)26-17-9-11-18(29)12-10-17/h2-8,13-14,17-18,29H,9-12H2,1H3,(H,25,26). The maximum absolute atomic E-state index is 9.82. The molecule has 0 unspecified atom stereocenters. The number of aliphatic hydroxyl groups is 1. The van der Waals surface area contributed by atoms with E-state index in [1.54, 1.807) is 6.20 Å². The van der Waals surface area contributed by atoms with Crippen molar-refractivity contribution in [2.24, 2.45) is 0 Å². The van der Waals surface area contributed by atoms with Crippen LogP contribution < -0.4 is 5.32 Å². The maximum Gasteiger partial charge on any atom is 0.193 e. The molecule has 0 spiro atoms. The van der Waals surface area contributed by atoms with Gasteiger partial charge in [0.15, 0.2) is 5.58 Å². The number of rotatable bonds is 4. The third-order valence-corrected chi connectivity index (χ3v) is 5.79. The number of aryl methyl sites for hydroxylation is 1. The van der Waals surface area contributed by atoms with Crippen LogP contribution in [0.3, 0.4) is 0 Å². The lowest BCUT2D eigenvalue weighted by Gasteiger charge is -2.27. The summed E-state index contributed by atoms with van der Waals surface area (Å²) in [7, 11) is 0. The molecule has 4 aromatic rings. The molecular formula is C24H24N4O2. The average molecular weight is 400 g/mol. The highest BCUT2D eigenvalue weighted by Crippen LogP contribution is 2.36. The van der Waals surface area contributed by atoms with Crippen LogP contribution in [0.5, 0.6) is 0 Å². The minimum Gasteiger partial charge on any atom is -0.393 e. The Bertz CT molecular complexity index is 1160. The van der Waals surface area contributed by atoms with Crippen LogP contribution in [0.1, 0.15) is 31.4 Å². The predicted octanol–water partition coefficient (Wildman–Crippen LogP) is 4.98. The third kappa shape index (κ3) is 3.55. The molecule has 1 aliphatic rings. The van der Waals surface area contributed by atoms with E-state index in [-0.39, 0.29) is 6.10 Å². The third-order valence-electron chi connectivity index (χ3n) is 5.79. The summed E-state index contributed by atoms with van der Waals surface area (Å²) in [5, 5.41) is 17.6. The van der Waals surface area contributed by atoms with E-state index >= 15 is 0 Å². The fourth-order valence-corrected chi connectivity index (χ4v) is 4.14. The number of nitrogens with zero attached hydrogens (tertiary/aromatic N) is 3. The number of hydrogen-bond donors (Lipinski definition) is 2. The zero-order chi connectivity index (χ0) is 20.5. The van der Waals surface area contributed by atoms with Crippen molar-refractivity contribution in [2.45, 2.75) is 44.8 Å². The first kappa shape index (κ1) is 18.8. The zero-order valence-corrected chi connectivity index (χ0v) is 16.9. The van der Waals surface area contributed by atoms with Crippen molar-refractivity contribution in [3.05, 3.63) is 60.4 Å². The van der Waals surface area contributed by atoms with Crippen LogP contribution in [0, 0.1) is 6.92 Å². The van der Waals surface area contributed by atoms with Gasteiger partial charge in [0.05, 0.1) is 11.8 Å². The first-order chi connectivity index (χ1) is 14.7. The molecular weight excluding hydrogens is 376 g/mol. The molecule has 0 bridgehead atoms. The van der Waals surface area contributed by atoms with Gasteiger partial charge in [0.1, 0.15) is 17.0 Å². The number of aliphatic hydroxyl groups excluding tert-OH is 1. The number of fused-ring (bicyclic) bond motifs is 1. The number of benzene rings is 1. The van der Waals surface area contributed by atoms with Crippen molar-refractivity contribution < 1.29 is 9.63 Å². The van der Waals surface area contributed by atoms with Crippen molar-refractivity contribution in [2.75, 3.05) is 5.32 Å². The van der Waals surface area contributed by atoms with Gasteiger partial charge in [0, 0.05) is 28.9 Å². The van der Waals surface area contributed by atoms with Gasteiger partial charge in [-0.1, -0.05) is 35.5 Å². The molecule has 152 valence electrons. The Balaban J connectivity index is 1.61. The smallest absolute Gasteiger partial charge is 0.193 e. The van der Waals surface area contributed by atoms with Crippen molar-refractivity contribution in [1.29, 1.82) is 0 Å². The lowest BCUT2D eigenvalue weighted by Crippen LogP contribution is -2.28. The number of aromatic nitrogens is 3. The summed E-state index contributed by atoms with van der Waals surface area (Å²) >= 11 is 0. The highest BCUT2D eigenvalue weighted by Gasteiger charge is 2.22. The Hall–Kier alpha value is -3.25. The molecule has 1 aliphatic carbocycles. The molecule has 30 heavy (non-hydrogen) atoms. The zero-order valence-electron chi connectivity index (χ0n) is 16.9. The second kappa shape index (κ2) is 7.88. The predicted molar refractivity (Wildman–Crippen MR) is 117 cm³/mol. The largest absolute Gasteiger partial charge is 0.393 e. The Labute approximate surface area is 175 Å². The van der Waals surface area contributed by atoms with Gasteiger partial charge >= 0.3 is 0 Å². The summed E-state index contributed by atoms with van der Waals surface area (Å²) < 4.78 is 5.68. The minimum atomic E-state index is -0.184. The van der Waals surface area contributed by atoms with Gasteiger partial charge in [0.25, 0.3) is 0 Å². The Kier molecular flexibility index (Phi) is 4.93. The summed E-state index contributed by atoms with van der Waals surface area (Å²) in [6, 6.07) is 16.5. The SMILES string of the molecule is Cc1noc2c(-c3cccnc3NC3CCC(O)CC3)cc(-c3ccccc3)nc12. The summed E-state index contributed by atoms with van der Waals surface area (Å²) in [5.74, 6) is 0.819. The van der Waals surface area contributed by atoms with Gasteiger partial charge < -0.3 is 14.9 Å². The molecule has 3 heterocycles. The highest BCUT2D eigenvalue weighted by atomic mass is 16.5. The van der Waals surface area contributed by atoms with Crippen LogP contribution in [0.25, 0.3) is 33.5 Å². The van der Waals surface area contributed by atoms with Gasteiger partial charge in [-0.05, 0) is 50.8 Å². The van der Waals surface area contributed by atoms with Crippen LogP contribution >= 0.6 is 0 Å². The van der Waals surface area contributed by atoms with E-state index in [4.69, 9.17) is 9.51 Å². The summed E-state index contributed by atoms with van der Waals surface area (Å²) in [4.78, 5) is 9.45. The van der Waals surface area contributed by atoms with Crippen molar-refractivity contribution >= 4 is 16.9 Å². The van der Waals surface area contributed by atoms with E-state index in [1.807, 2.05) is 31.2 Å². The average Bonchev–Trinajstić information content (AvgIpc) is 3.17. The second-order valence-electron chi connectivity index (χ2n) is 7.92. The molecule has 6 heteroatoms. The summed E-state index contributed by atoms with van der Waals surface area (Å²) in [6.07, 6.45) is 5.11. The molecule has 1 aromatic carbocycles. The topological polar surface area (TPSA) is 84.1 Å². The molecule has 1 saturated carbocycles. The van der Waals surface area contributed by atoms with Crippen molar-refractivity contribution in [1.82, 2.24) is 15.1 Å². The van der Waals surface area contributed by atoms with Gasteiger partial charge in [0.2, 0.25) is 0 Å². The maximum atomic E-state index is 9.82. The van der Waals surface area contributed by atoms with Gasteiger partial charge in [-0.25, -0.2) is 9.97 Å². The Morgan fingerprint density at radius 1 is 1.00 bits per heavy atom.